The maximum atomic E-state index is 13.0. The zero-order valence-corrected chi connectivity index (χ0v) is 13.6. The summed E-state index contributed by atoms with van der Waals surface area (Å²) in [6.07, 6.45) is 0. The lowest BCUT2D eigenvalue weighted by Crippen LogP contribution is -2.34. The fourth-order valence-electron chi connectivity index (χ4n) is 3.11. The maximum Gasteiger partial charge on any atom is 0.312 e. The molecule has 0 fully saturated rings. The first kappa shape index (κ1) is 16.1. The molecule has 1 amide bonds. The number of anilines is 1. The number of hydrogen-bond acceptors (Lipinski definition) is 3. The van der Waals surface area contributed by atoms with Crippen molar-refractivity contribution in [1.29, 1.82) is 0 Å². The molecular formula is C19H19NO4. The lowest BCUT2D eigenvalue weighted by atomic mass is 9.99. The van der Waals surface area contributed by atoms with Crippen LogP contribution in [0.1, 0.15) is 29.9 Å². The lowest BCUT2D eigenvalue weighted by molar-refractivity contribution is -0.138. The first-order chi connectivity index (χ1) is 11.5. The number of hydrogen-bond donors (Lipinski definition) is 1. The third-order valence-electron chi connectivity index (χ3n) is 4.50. The van der Waals surface area contributed by atoms with E-state index in [9.17, 15) is 14.7 Å². The van der Waals surface area contributed by atoms with Crippen LogP contribution >= 0.6 is 0 Å². The summed E-state index contributed by atoms with van der Waals surface area (Å²) < 4.78 is 5.21. The van der Waals surface area contributed by atoms with Crippen molar-refractivity contribution in [2.75, 3.05) is 18.6 Å². The highest BCUT2D eigenvalue weighted by atomic mass is 16.5. The van der Waals surface area contributed by atoms with Gasteiger partial charge in [-0.05, 0) is 36.2 Å². The molecule has 2 aromatic carbocycles. The van der Waals surface area contributed by atoms with Gasteiger partial charge in [-0.25, -0.2) is 0 Å². The van der Waals surface area contributed by atoms with Gasteiger partial charge in [0.15, 0.2) is 0 Å². The molecule has 0 aromatic heterocycles. The zero-order chi connectivity index (χ0) is 17.3. The van der Waals surface area contributed by atoms with E-state index in [2.05, 4.69) is 0 Å². The van der Waals surface area contributed by atoms with Crippen LogP contribution in [0, 0.1) is 0 Å². The topological polar surface area (TPSA) is 66.8 Å². The minimum absolute atomic E-state index is 0.112. The fourth-order valence-corrected chi connectivity index (χ4v) is 3.11. The van der Waals surface area contributed by atoms with Gasteiger partial charge in [-0.15, -0.1) is 0 Å². The van der Waals surface area contributed by atoms with Crippen LogP contribution in [0.25, 0.3) is 0 Å². The Morgan fingerprint density at radius 2 is 1.96 bits per heavy atom. The molecule has 5 nitrogen and oxygen atoms in total. The summed E-state index contributed by atoms with van der Waals surface area (Å²) in [5.74, 6) is -1.40. The van der Waals surface area contributed by atoms with Crippen molar-refractivity contribution < 1.29 is 19.4 Å². The SMILES string of the molecule is COc1cccc(C(C)C(=O)N2CC(C(=O)O)c3ccccc32)c1. The summed E-state index contributed by atoms with van der Waals surface area (Å²) in [6.45, 7) is 2.00. The normalized spacial score (nSPS) is 17.2. The standard InChI is InChI=1S/C19H19NO4/c1-12(13-6-5-7-14(10-13)24-2)18(21)20-11-16(19(22)23)15-8-3-4-9-17(15)20/h3-10,12,16H,11H2,1-2H3,(H,22,23). The molecule has 2 aromatic rings. The summed E-state index contributed by atoms with van der Waals surface area (Å²) in [5, 5.41) is 9.43. The summed E-state index contributed by atoms with van der Waals surface area (Å²) in [7, 11) is 1.58. The van der Waals surface area contributed by atoms with Gasteiger partial charge in [0, 0.05) is 12.2 Å². The molecule has 1 aliphatic heterocycles. The number of carbonyl (C=O) groups is 2. The minimum atomic E-state index is -0.910. The molecule has 1 aliphatic rings. The van der Waals surface area contributed by atoms with Crippen molar-refractivity contribution in [3.8, 4) is 5.75 Å². The third kappa shape index (κ3) is 2.73. The van der Waals surface area contributed by atoms with Gasteiger partial charge in [-0.3, -0.25) is 9.59 Å². The molecule has 0 aliphatic carbocycles. The van der Waals surface area contributed by atoms with Gasteiger partial charge >= 0.3 is 5.97 Å². The van der Waals surface area contributed by atoms with Gasteiger partial charge in [0.25, 0.3) is 0 Å². The number of carboxylic acid groups (broad SMARTS) is 1. The Morgan fingerprint density at radius 1 is 1.21 bits per heavy atom. The Bertz CT molecular complexity index is 786. The van der Waals surface area contributed by atoms with Crippen LogP contribution in [0.15, 0.2) is 48.5 Å². The van der Waals surface area contributed by atoms with Crippen LogP contribution in [0.5, 0.6) is 5.75 Å². The van der Waals surface area contributed by atoms with E-state index in [1.807, 2.05) is 37.3 Å². The van der Waals surface area contributed by atoms with E-state index in [1.54, 1.807) is 30.2 Å². The molecule has 124 valence electrons. The Balaban J connectivity index is 1.91. The molecule has 1 N–H and O–H groups in total. The second kappa shape index (κ2) is 6.35. The fraction of sp³-hybridized carbons (Fsp3) is 0.263. The number of nitrogens with zero attached hydrogens (tertiary/aromatic N) is 1. The quantitative estimate of drug-likeness (QED) is 0.938. The molecule has 0 saturated heterocycles. The molecule has 0 spiro atoms. The van der Waals surface area contributed by atoms with Crippen LogP contribution in [0.3, 0.4) is 0 Å². The highest BCUT2D eigenvalue weighted by Gasteiger charge is 2.37. The van der Waals surface area contributed by atoms with E-state index >= 15 is 0 Å². The smallest absolute Gasteiger partial charge is 0.312 e. The highest BCUT2D eigenvalue weighted by molar-refractivity contribution is 6.02. The molecule has 0 radical (unpaired) electrons. The molecule has 0 saturated carbocycles. The number of carboxylic acids is 1. The Hall–Kier alpha value is -2.82. The van der Waals surface area contributed by atoms with Gasteiger partial charge in [0.2, 0.25) is 5.91 Å². The number of carbonyl (C=O) groups excluding carboxylic acids is 1. The lowest BCUT2D eigenvalue weighted by Gasteiger charge is -2.22. The molecule has 5 heteroatoms. The third-order valence-corrected chi connectivity index (χ3v) is 4.50. The van der Waals surface area contributed by atoms with E-state index in [0.717, 1.165) is 5.56 Å². The van der Waals surface area contributed by atoms with Crippen LogP contribution in [0.4, 0.5) is 5.69 Å². The van der Waals surface area contributed by atoms with Crippen molar-refractivity contribution in [2.45, 2.75) is 18.8 Å². The van der Waals surface area contributed by atoms with Crippen molar-refractivity contribution >= 4 is 17.6 Å². The Morgan fingerprint density at radius 3 is 2.67 bits per heavy atom. The monoisotopic (exact) mass is 325 g/mol. The van der Waals surface area contributed by atoms with Gasteiger partial charge in [-0.1, -0.05) is 30.3 Å². The van der Waals surface area contributed by atoms with Crippen LogP contribution in [-0.4, -0.2) is 30.6 Å². The number of fused-ring (bicyclic) bond motifs is 1. The van der Waals surface area contributed by atoms with Gasteiger partial charge in [0.1, 0.15) is 11.7 Å². The summed E-state index contributed by atoms with van der Waals surface area (Å²) >= 11 is 0. The predicted molar refractivity (Wildman–Crippen MR) is 90.6 cm³/mol. The Kier molecular flexibility index (Phi) is 4.25. The van der Waals surface area contributed by atoms with E-state index < -0.39 is 11.9 Å². The first-order valence-corrected chi connectivity index (χ1v) is 7.80. The first-order valence-electron chi connectivity index (χ1n) is 7.80. The van der Waals surface area contributed by atoms with E-state index in [0.29, 0.717) is 17.0 Å². The number of rotatable bonds is 4. The van der Waals surface area contributed by atoms with Crippen LogP contribution in [0.2, 0.25) is 0 Å². The number of methoxy groups -OCH3 is 1. The number of aliphatic carboxylic acids is 1. The van der Waals surface area contributed by atoms with Crippen molar-refractivity contribution in [2.24, 2.45) is 0 Å². The molecule has 3 rings (SSSR count). The van der Waals surface area contributed by atoms with Crippen LogP contribution in [-0.2, 0) is 9.59 Å². The number of benzene rings is 2. The van der Waals surface area contributed by atoms with Crippen molar-refractivity contribution in [1.82, 2.24) is 0 Å². The average molecular weight is 325 g/mol. The van der Waals surface area contributed by atoms with E-state index in [-0.39, 0.29) is 18.4 Å². The van der Waals surface area contributed by atoms with Crippen LogP contribution < -0.4 is 9.64 Å². The van der Waals surface area contributed by atoms with E-state index in [1.165, 1.54) is 0 Å². The molecular weight excluding hydrogens is 306 g/mol. The molecule has 2 unspecified atom stereocenters. The molecule has 0 bridgehead atoms. The van der Waals surface area contributed by atoms with Gasteiger partial charge < -0.3 is 14.7 Å². The summed E-state index contributed by atoms with van der Waals surface area (Å²) in [6, 6.07) is 14.6. The second-order valence-electron chi connectivity index (χ2n) is 5.90. The highest BCUT2D eigenvalue weighted by Crippen LogP contribution is 2.38. The van der Waals surface area contributed by atoms with E-state index in [4.69, 9.17) is 4.74 Å². The summed E-state index contributed by atoms with van der Waals surface area (Å²) in [5.41, 5.74) is 2.22. The minimum Gasteiger partial charge on any atom is -0.497 e. The van der Waals surface area contributed by atoms with Crippen molar-refractivity contribution in [3.63, 3.8) is 0 Å². The predicted octanol–water partition coefficient (Wildman–Crippen LogP) is 3.01. The number of ether oxygens (including phenoxy) is 1. The maximum absolute atomic E-state index is 13.0. The molecule has 24 heavy (non-hydrogen) atoms. The average Bonchev–Trinajstić information content (AvgIpc) is 3.00. The van der Waals surface area contributed by atoms with Gasteiger partial charge in [0.05, 0.1) is 13.0 Å². The number of para-hydroxylation sites is 1. The Labute approximate surface area is 140 Å². The van der Waals surface area contributed by atoms with Gasteiger partial charge in [-0.2, -0.15) is 0 Å². The zero-order valence-electron chi connectivity index (χ0n) is 13.6. The number of amides is 1. The van der Waals surface area contributed by atoms with Crippen molar-refractivity contribution in [3.05, 3.63) is 59.7 Å². The molecule has 2 atom stereocenters. The summed E-state index contributed by atoms with van der Waals surface area (Å²) in [4.78, 5) is 26.1. The largest absolute Gasteiger partial charge is 0.497 e. The second-order valence-corrected chi connectivity index (χ2v) is 5.90. The molecule has 1 heterocycles.